The van der Waals surface area contributed by atoms with Crippen LogP contribution in [0.15, 0.2) is 35.5 Å². The first-order valence-electron chi connectivity index (χ1n) is 8.38. The summed E-state index contributed by atoms with van der Waals surface area (Å²) in [5.74, 6) is 0. The Labute approximate surface area is 173 Å². The fraction of sp³-hybridized carbons (Fsp3) is 0.333. The van der Waals surface area contributed by atoms with Gasteiger partial charge in [-0.15, -0.1) is 0 Å². The molecule has 2 heterocycles. The van der Waals surface area contributed by atoms with E-state index >= 15 is 0 Å². The highest BCUT2D eigenvalue weighted by Crippen LogP contribution is 2.40. The van der Waals surface area contributed by atoms with E-state index in [0.717, 1.165) is 6.07 Å². The maximum atomic E-state index is 13.0. The van der Waals surface area contributed by atoms with Crippen LogP contribution in [0.25, 0.3) is 0 Å². The number of hydrogen-bond acceptors (Lipinski definition) is 3. The lowest BCUT2D eigenvalue weighted by molar-refractivity contribution is -0.143. The zero-order valence-corrected chi connectivity index (χ0v) is 15.7. The van der Waals surface area contributed by atoms with Crippen molar-refractivity contribution in [1.29, 1.82) is 0 Å². The van der Waals surface area contributed by atoms with Crippen LogP contribution in [-0.2, 0) is 29.8 Å². The highest BCUT2D eigenvalue weighted by Gasteiger charge is 2.38. The molecule has 3 nitrogen and oxygen atoms in total. The molecule has 0 radical (unpaired) electrons. The highest BCUT2D eigenvalue weighted by molar-refractivity contribution is 6.31. The molecular formula is C18H10ClF9N2O. The van der Waals surface area contributed by atoms with Crippen LogP contribution in [0, 0.1) is 0 Å². The molecule has 0 aliphatic carbocycles. The molecule has 2 aromatic rings. The normalized spacial score (nSPS) is 17.5. The van der Waals surface area contributed by atoms with Gasteiger partial charge in [0.25, 0.3) is 0 Å². The number of hydrogen-bond donors (Lipinski definition) is 0. The van der Waals surface area contributed by atoms with Crippen LogP contribution in [0.4, 0.5) is 39.5 Å². The van der Waals surface area contributed by atoms with Gasteiger partial charge < -0.3 is 4.84 Å². The SMILES string of the molecule is FC(F)(F)c1cc(C2CC(Cc3nc(C(F)(F)F)ccc3Cl)=NO2)cc(C(F)(F)F)c1. The molecule has 0 saturated carbocycles. The fourth-order valence-electron chi connectivity index (χ4n) is 2.83. The molecule has 0 bridgehead atoms. The van der Waals surface area contributed by atoms with Gasteiger partial charge in [0.05, 0.1) is 27.6 Å². The third-order valence-electron chi connectivity index (χ3n) is 4.29. The fourth-order valence-corrected chi connectivity index (χ4v) is 3.01. The first-order valence-corrected chi connectivity index (χ1v) is 8.76. The van der Waals surface area contributed by atoms with E-state index in [2.05, 4.69) is 10.1 Å². The Kier molecular flexibility index (Phi) is 5.89. The van der Waals surface area contributed by atoms with Crippen molar-refractivity contribution in [2.75, 3.05) is 0 Å². The predicted molar refractivity (Wildman–Crippen MR) is 90.3 cm³/mol. The average molecular weight is 477 g/mol. The monoisotopic (exact) mass is 476 g/mol. The summed E-state index contributed by atoms with van der Waals surface area (Å²) in [6.45, 7) is 0. The van der Waals surface area contributed by atoms with Gasteiger partial charge in [0, 0.05) is 12.8 Å². The summed E-state index contributed by atoms with van der Waals surface area (Å²) in [4.78, 5) is 8.36. The van der Waals surface area contributed by atoms with E-state index in [4.69, 9.17) is 16.4 Å². The van der Waals surface area contributed by atoms with Gasteiger partial charge in [-0.2, -0.15) is 39.5 Å². The van der Waals surface area contributed by atoms with Crippen LogP contribution in [-0.4, -0.2) is 10.7 Å². The Morgan fingerprint density at radius 1 is 0.871 bits per heavy atom. The van der Waals surface area contributed by atoms with Crippen LogP contribution in [0.1, 0.15) is 40.6 Å². The minimum Gasteiger partial charge on any atom is -0.387 e. The second-order valence-electron chi connectivity index (χ2n) is 6.59. The van der Waals surface area contributed by atoms with Crippen LogP contribution in [0.5, 0.6) is 0 Å². The Bertz CT molecular complexity index is 980. The maximum Gasteiger partial charge on any atom is 0.433 e. The topological polar surface area (TPSA) is 34.5 Å². The van der Waals surface area contributed by atoms with Crippen LogP contribution < -0.4 is 0 Å². The molecule has 1 aromatic carbocycles. The average Bonchev–Trinajstić information content (AvgIpc) is 3.09. The van der Waals surface area contributed by atoms with Crippen molar-refractivity contribution in [2.24, 2.45) is 5.16 Å². The van der Waals surface area contributed by atoms with Gasteiger partial charge >= 0.3 is 18.5 Å². The second-order valence-corrected chi connectivity index (χ2v) is 7.00. The molecule has 1 aromatic heterocycles. The molecule has 1 unspecified atom stereocenters. The van der Waals surface area contributed by atoms with Gasteiger partial charge in [0.2, 0.25) is 0 Å². The number of pyridine rings is 1. The zero-order chi connectivity index (χ0) is 23.2. The molecule has 13 heteroatoms. The van der Waals surface area contributed by atoms with Gasteiger partial charge in [0.15, 0.2) is 6.10 Å². The third kappa shape index (κ3) is 5.41. The maximum absolute atomic E-state index is 13.0. The van der Waals surface area contributed by atoms with Crippen molar-refractivity contribution in [3.8, 4) is 0 Å². The Balaban J connectivity index is 1.84. The molecule has 0 spiro atoms. The molecule has 0 saturated heterocycles. The van der Waals surface area contributed by atoms with E-state index < -0.39 is 47.0 Å². The standard InChI is InChI=1S/C18H10ClF9N2O/c19-12-1-2-15(18(26,27)28)29-13(12)6-11-7-14(31-30-11)8-3-9(16(20,21)22)5-10(4-8)17(23,24)25/h1-5,14H,6-7H2. The number of aromatic nitrogens is 1. The van der Waals surface area contributed by atoms with Crippen LogP contribution >= 0.6 is 11.6 Å². The number of benzene rings is 1. The quantitative estimate of drug-likeness (QED) is 0.454. The number of rotatable bonds is 3. The van der Waals surface area contributed by atoms with E-state index in [1.807, 2.05) is 0 Å². The lowest BCUT2D eigenvalue weighted by atomic mass is 9.97. The van der Waals surface area contributed by atoms with Crippen molar-refractivity contribution in [3.63, 3.8) is 0 Å². The minimum atomic E-state index is -5.03. The summed E-state index contributed by atoms with van der Waals surface area (Å²) >= 11 is 5.84. The smallest absolute Gasteiger partial charge is 0.387 e. The van der Waals surface area contributed by atoms with E-state index in [0.29, 0.717) is 18.2 Å². The summed E-state index contributed by atoms with van der Waals surface area (Å²) in [6.07, 6.45) is -16.7. The molecule has 3 rings (SSSR count). The number of oxime groups is 1. The Hall–Kier alpha value is -2.50. The summed E-state index contributed by atoms with van der Waals surface area (Å²) in [7, 11) is 0. The highest BCUT2D eigenvalue weighted by atomic mass is 35.5. The summed E-state index contributed by atoms with van der Waals surface area (Å²) in [5.41, 5.74) is -4.82. The molecular weight excluding hydrogens is 467 g/mol. The van der Waals surface area contributed by atoms with Crippen LogP contribution in [0.2, 0.25) is 5.02 Å². The van der Waals surface area contributed by atoms with Gasteiger partial charge in [-0.1, -0.05) is 16.8 Å². The largest absolute Gasteiger partial charge is 0.433 e. The zero-order valence-electron chi connectivity index (χ0n) is 15.0. The molecule has 0 fully saturated rings. The third-order valence-corrected chi connectivity index (χ3v) is 4.64. The van der Waals surface area contributed by atoms with Gasteiger partial charge in [-0.05, 0) is 35.9 Å². The number of alkyl halides is 9. The van der Waals surface area contributed by atoms with Crippen molar-refractivity contribution in [3.05, 3.63) is 63.4 Å². The number of halogens is 10. The summed E-state index contributed by atoms with van der Waals surface area (Å²) in [6, 6.07) is 2.64. The first kappa shape index (κ1) is 23.2. The summed E-state index contributed by atoms with van der Waals surface area (Å²) < 4.78 is 117. The van der Waals surface area contributed by atoms with E-state index in [-0.39, 0.29) is 35.3 Å². The van der Waals surface area contributed by atoms with E-state index in [1.54, 1.807) is 0 Å². The molecule has 1 aliphatic heterocycles. The van der Waals surface area contributed by atoms with Gasteiger partial charge in [0.1, 0.15) is 5.69 Å². The summed E-state index contributed by atoms with van der Waals surface area (Å²) in [5, 5.41) is 3.47. The van der Waals surface area contributed by atoms with Crippen molar-refractivity contribution in [1.82, 2.24) is 4.98 Å². The Morgan fingerprint density at radius 3 is 1.97 bits per heavy atom. The minimum absolute atomic E-state index is 0.0213. The molecule has 168 valence electrons. The molecule has 0 N–H and O–H groups in total. The molecule has 0 amide bonds. The van der Waals surface area contributed by atoms with E-state index in [9.17, 15) is 39.5 Å². The lowest BCUT2D eigenvalue weighted by Gasteiger charge is -2.16. The van der Waals surface area contributed by atoms with E-state index in [1.165, 1.54) is 0 Å². The van der Waals surface area contributed by atoms with Gasteiger partial charge in [-0.25, -0.2) is 4.98 Å². The number of nitrogens with zero attached hydrogens (tertiary/aromatic N) is 2. The molecule has 1 atom stereocenters. The van der Waals surface area contributed by atoms with Crippen molar-refractivity contribution >= 4 is 17.3 Å². The first-order chi connectivity index (χ1) is 14.1. The molecule has 31 heavy (non-hydrogen) atoms. The lowest BCUT2D eigenvalue weighted by Crippen LogP contribution is -2.14. The van der Waals surface area contributed by atoms with Crippen molar-refractivity contribution < 1.29 is 44.4 Å². The Morgan fingerprint density at radius 2 is 1.45 bits per heavy atom. The van der Waals surface area contributed by atoms with Crippen LogP contribution in [0.3, 0.4) is 0 Å². The van der Waals surface area contributed by atoms with Crippen molar-refractivity contribution in [2.45, 2.75) is 37.5 Å². The van der Waals surface area contributed by atoms with Gasteiger partial charge in [-0.3, -0.25) is 0 Å². The second kappa shape index (κ2) is 7.88. The molecule has 1 aliphatic rings. The predicted octanol–water partition coefficient (Wildman–Crippen LogP) is 6.85.